The van der Waals surface area contributed by atoms with E-state index in [9.17, 15) is 0 Å². The van der Waals surface area contributed by atoms with Gasteiger partial charge in [-0.05, 0) is 25.3 Å². The third-order valence-corrected chi connectivity index (χ3v) is 3.50. The fourth-order valence-electron chi connectivity index (χ4n) is 2.55. The van der Waals surface area contributed by atoms with Crippen molar-refractivity contribution in [2.45, 2.75) is 64.3 Å². The predicted octanol–water partition coefficient (Wildman–Crippen LogP) is 3.90. The molecule has 1 saturated carbocycles. The molecule has 0 amide bonds. The van der Waals surface area contributed by atoms with E-state index < -0.39 is 0 Å². The first kappa shape index (κ1) is 12.8. The molecule has 0 heterocycles. The summed E-state index contributed by atoms with van der Waals surface area (Å²) in [4.78, 5) is 0. The van der Waals surface area contributed by atoms with Gasteiger partial charge in [-0.25, -0.2) is 0 Å². The zero-order valence-corrected chi connectivity index (χ0v) is 10.3. The van der Waals surface area contributed by atoms with Gasteiger partial charge in [0.05, 0.1) is 0 Å². The first-order chi connectivity index (χ1) is 7.36. The molecule has 0 aromatic heterocycles. The van der Waals surface area contributed by atoms with Gasteiger partial charge in [0, 0.05) is 6.04 Å². The van der Waals surface area contributed by atoms with Gasteiger partial charge in [0.2, 0.25) is 0 Å². The Morgan fingerprint density at radius 1 is 1.27 bits per heavy atom. The molecule has 0 spiro atoms. The predicted molar refractivity (Wildman–Crippen MR) is 68.1 cm³/mol. The fourth-order valence-corrected chi connectivity index (χ4v) is 2.55. The molecule has 1 heteroatoms. The second kappa shape index (κ2) is 7.92. The Morgan fingerprint density at radius 3 is 2.47 bits per heavy atom. The van der Waals surface area contributed by atoms with Crippen molar-refractivity contribution in [1.29, 1.82) is 0 Å². The van der Waals surface area contributed by atoms with E-state index in [0.29, 0.717) is 6.04 Å². The van der Waals surface area contributed by atoms with Gasteiger partial charge in [-0.2, -0.15) is 0 Å². The minimum atomic E-state index is 0.549. The van der Waals surface area contributed by atoms with Crippen LogP contribution in [0.5, 0.6) is 0 Å². The number of rotatable bonds is 6. The van der Waals surface area contributed by atoms with Gasteiger partial charge in [-0.15, -0.1) is 6.58 Å². The third-order valence-electron chi connectivity index (χ3n) is 3.50. The molecule has 0 radical (unpaired) electrons. The van der Waals surface area contributed by atoms with Gasteiger partial charge in [0.1, 0.15) is 0 Å². The summed E-state index contributed by atoms with van der Waals surface area (Å²) in [6.07, 6.45) is 13.3. The maximum Gasteiger partial charge on any atom is 0.0250 e. The largest absolute Gasteiger partial charge is 0.311 e. The van der Waals surface area contributed by atoms with Crippen LogP contribution in [0.2, 0.25) is 0 Å². The van der Waals surface area contributed by atoms with E-state index in [4.69, 9.17) is 0 Å². The second-order valence-corrected chi connectivity index (χ2v) is 4.89. The van der Waals surface area contributed by atoms with Crippen LogP contribution in [0.4, 0.5) is 0 Å². The van der Waals surface area contributed by atoms with Crippen LogP contribution >= 0.6 is 0 Å². The monoisotopic (exact) mass is 209 g/mol. The molecule has 1 rings (SSSR count). The summed E-state index contributed by atoms with van der Waals surface area (Å²) >= 11 is 0. The Balaban J connectivity index is 2.25. The standard InChI is InChI=1S/C14H27N/c1-3-11-15-14(4-2)12-13-9-7-5-6-8-10-13/h4,13-15H,2-3,5-12H2,1H3. The van der Waals surface area contributed by atoms with Crippen molar-refractivity contribution in [2.24, 2.45) is 5.92 Å². The van der Waals surface area contributed by atoms with E-state index in [1.807, 2.05) is 0 Å². The lowest BCUT2D eigenvalue weighted by Gasteiger charge is -2.20. The van der Waals surface area contributed by atoms with E-state index in [-0.39, 0.29) is 0 Å². The van der Waals surface area contributed by atoms with Crippen molar-refractivity contribution in [1.82, 2.24) is 5.32 Å². The zero-order valence-electron chi connectivity index (χ0n) is 10.3. The highest BCUT2D eigenvalue weighted by atomic mass is 14.9. The smallest absolute Gasteiger partial charge is 0.0250 e. The topological polar surface area (TPSA) is 12.0 Å². The van der Waals surface area contributed by atoms with Crippen LogP contribution in [-0.4, -0.2) is 12.6 Å². The molecule has 1 aliphatic carbocycles. The Bertz CT molecular complexity index is 157. The van der Waals surface area contributed by atoms with E-state index in [0.717, 1.165) is 12.5 Å². The van der Waals surface area contributed by atoms with E-state index in [2.05, 4.69) is 24.9 Å². The molecular weight excluding hydrogens is 182 g/mol. The third kappa shape index (κ3) is 5.36. The molecule has 0 aliphatic heterocycles. The average molecular weight is 209 g/mol. The summed E-state index contributed by atoms with van der Waals surface area (Å²) in [5.41, 5.74) is 0. The maximum atomic E-state index is 3.94. The maximum absolute atomic E-state index is 3.94. The molecule has 1 unspecified atom stereocenters. The van der Waals surface area contributed by atoms with Crippen molar-refractivity contribution >= 4 is 0 Å². The molecular formula is C14H27N. The van der Waals surface area contributed by atoms with Crippen LogP contribution in [0.3, 0.4) is 0 Å². The molecule has 0 bridgehead atoms. The highest BCUT2D eigenvalue weighted by Gasteiger charge is 2.15. The fraction of sp³-hybridized carbons (Fsp3) is 0.857. The van der Waals surface area contributed by atoms with Crippen molar-refractivity contribution in [3.05, 3.63) is 12.7 Å². The van der Waals surface area contributed by atoms with Crippen LogP contribution in [0.15, 0.2) is 12.7 Å². The highest BCUT2D eigenvalue weighted by molar-refractivity contribution is 4.87. The molecule has 15 heavy (non-hydrogen) atoms. The molecule has 88 valence electrons. The molecule has 0 aromatic rings. The van der Waals surface area contributed by atoms with E-state index in [1.165, 1.54) is 51.4 Å². The first-order valence-corrected chi connectivity index (χ1v) is 6.72. The molecule has 0 aromatic carbocycles. The summed E-state index contributed by atoms with van der Waals surface area (Å²) in [7, 11) is 0. The van der Waals surface area contributed by atoms with Crippen LogP contribution in [-0.2, 0) is 0 Å². The Kier molecular flexibility index (Phi) is 6.74. The number of hydrogen-bond acceptors (Lipinski definition) is 1. The Labute approximate surface area is 95.3 Å². The van der Waals surface area contributed by atoms with Crippen LogP contribution in [0, 0.1) is 5.92 Å². The molecule has 1 N–H and O–H groups in total. The molecule has 1 nitrogen and oxygen atoms in total. The van der Waals surface area contributed by atoms with Crippen LogP contribution in [0.25, 0.3) is 0 Å². The Morgan fingerprint density at radius 2 is 1.93 bits per heavy atom. The van der Waals surface area contributed by atoms with Gasteiger partial charge in [0.25, 0.3) is 0 Å². The lowest BCUT2D eigenvalue weighted by Crippen LogP contribution is -2.29. The average Bonchev–Trinajstić information content (AvgIpc) is 2.52. The molecule has 1 fully saturated rings. The minimum absolute atomic E-state index is 0.549. The van der Waals surface area contributed by atoms with Gasteiger partial charge in [-0.1, -0.05) is 51.5 Å². The minimum Gasteiger partial charge on any atom is -0.311 e. The van der Waals surface area contributed by atoms with Crippen molar-refractivity contribution in [2.75, 3.05) is 6.54 Å². The van der Waals surface area contributed by atoms with Crippen molar-refractivity contribution in [3.8, 4) is 0 Å². The lowest BCUT2D eigenvalue weighted by molar-refractivity contribution is 0.382. The summed E-state index contributed by atoms with van der Waals surface area (Å²) in [6.45, 7) is 7.29. The van der Waals surface area contributed by atoms with Gasteiger partial charge < -0.3 is 5.32 Å². The van der Waals surface area contributed by atoms with Crippen LogP contribution in [0.1, 0.15) is 58.3 Å². The number of hydrogen-bond donors (Lipinski definition) is 1. The SMILES string of the molecule is C=CC(CC1CCCCCC1)NCCC. The summed E-state index contributed by atoms with van der Waals surface area (Å²) < 4.78 is 0. The van der Waals surface area contributed by atoms with Crippen LogP contribution < -0.4 is 5.32 Å². The van der Waals surface area contributed by atoms with Gasteiger partial charge in [0.15, 0.2) is 0 Å². The van der Waals surface area contributed by atoms with Crippen molar-refractivity contribution in [3.63, 3.8) is 0 Å². The molecule has 1 aliphatic rings. The molecule has 0 saturated heterocycles. The highest BCUT2D eigenvalue weighted by Crippen LogP contribution is 2.26. The van der Waals surface area contributed by atoms with Crippen molar-refractivity contribution < 1.29 is 0 Å². The Hall–Kier alpha value is -0.300. The van der Waals surface area contributed by atoms with Gasteiger partial charge in [-0.3, -0.25) is 0 Å². The van der Waals surface area contributed by atoms with E-state index in [1.54, 1.807) is 0 Å². The quantitative estimate of drug-likeness (QED) is 0.517. The van der Waals surface area contributed by atoms with Gasteiger partial charge >= 0.3 is 0 Å². The number of nitrogens with one attached hydrogen (secondary N) is 1. The van der Waals surface area contributed by atoms with E-state index >= 15 is 0 Å². The lowest BCUT2D eigenvalue weighted by atomic mass is 9.92. The zero-order chi connectivity index (χ0) is 10.9. The second-order valence-electron chi connectivity index (χ2n) is 4.89. The summed E-state index contributed by atoms with van der Waals surface area (Å²) in [6, 6.07) is 0.549. The first-order valence-electron chi connectivity index (χ1n) is 6.72. The molecule has 1 atom stereocenters. The summed E-state index contributed by atoms with van der Waals surface area (Å²) in [5, 5.41) is 3.57. The normalized spacial score (nSPS) is 20.9. The summed E-state index contributed by atoms with van der Waals surface area (Å²) in [5.74, 6) is 0.944.